The van der Waals surface area contributed by atoms with E-state index in [1.54, 1.807) is 24.3 Å². The summed E-state index contributed by atoms with van der Waals surface area (Å²) in [7, 11) is 0. The largest absolute Gasteiger partial charge is 0.484 e. The second kappa shape index (κ2) is 9.36. The minimum absolute atomic E-state index is 0.00800. The number of hydrogen-bond acceptors (Lipinski definition) is 4. The molecule has 6 heteroatoms. The molecule has 0 saturated carbocycles. The van der Waals surface area contributed by atoms with Crippen LogP contribution in [0.2, 0.25) is 0 Å². The topological polar surface area (TPSA) is 84.5 Å². The van der Waals surface area contributed by atoms with Crippen molar-refractivity contribution in [1.82, 2.24) is 10.9 Å². The summed E-state index contributed by atoms with van der Waals surface area (Å²) >= 11 is 0. The number of carbonyl (C=O) groups excluding carboxylic acids is 3. The molecule has 0 unspecified atom stereocenters. The van der Waals surface area contributed by atoms with Gasteiger partial charge in [-0.1, -0.05) is 36.4 Å². The van der Waals surface area contributed by atoms with E-state index in [4.69, 9.17) is 4.74 Å². The maximum absolute atomic E-state index is 11.9. The predicted molar refractivity (Wildman–Crippen MR) is 97.7 cm³/mol. The Morgan fingerprint density at radius 1 is 0.846 bits per heavy atom. The van der Waals surface area contributed by atoms with Gasteiger partial charge in [0.15, 0.2) is 12.4 Å². The Bertz CT molecular complexity index is 767. The van der Waals surface area contributed by atoms with Gasteiger partial charge in [0.2, 0.25) is 5.91 Å². The highest BCUT2D eigenvalue weighted by molar-refractivity contribution is 5.98. The van der Waals surface area contributed by atoms with Crippen molar-refractivity contribution in [3.63, 3.8) is 0 Å². The van der Waals surface area contributed by atoms with Gasteiger partial charge in [-0.05, 0) is 37.1 Å². The number of aryl methyl sites for hydroxylation is 2. The Morgan fingerprint density at radius 3 is 2.12 bits per heavy atom. The number of ether oxygens (including phenoxy) is 1. The van der Waals surface area contributed by atoms with Crippen LogP contribution >= 0.6 is 0 Å². The summed E-state index contributed by atoms with van der Waals surface area (Å²) in [6.07, 6.45) is 0.0662. The highest BCUT2D eigenvalue weighted by Crippen LogP contribution is 2.15. The van der Waals surface area contributed by atoms with Crippen molar-refractivity contribution in [2.75, 3.05) is 6.61 Å². The van der Waals surface area contributed by atoms with Crippen molar-refractivity contribution in [2.45, 2.75) is 26.7 Å². The quantitative estimate of drug-likeness (QED) is 0.591. The highest BCUT2D eigenvalue weighted by Gasteiger charge is 2.10. The number of hydrazine groups is 1. The molecule has 2 N–H and O–H groups in total. The molecule has 2 aromatic carbocycles. The van der Waals surface area contributed by atoms with Gasteiger partial charge < -0.3 is 4.74 Å². The van der Waals surface area contributed by atoms with Crippen LogP contribution in [0.25, 0.3) is 0 Å². The summed E-state index contributed by atoms with van der Waals surface area (Å²) in [5.41, 5.74) is 7.19. The highest BCUT2D eigenvalue weighted by atomic mass is 16.5. The van der Waals surface area contributed by atoms with Crippen molar-refractivity contribution in [2.24, 2.45) is 0 Å². The van der Waals surface area contributed by atoms with E-state index >= 15 is 0 Å². The summed E-state index contributed by atoms with van der Waals surface area (Å²) in [4.78, 5) is 35.4. The summed E-state index contributed by atoms with van der Waals surface area (Å²) in [5.74, 6) is -0.441. The molecule has 6 nitrogen and oxygen atoms in total. The molecule has 0 aliphatic rings. The zero-order valence-corrected chi connectivity index (χ0v) is 14.9. The van der Waals surface area contributed by atoms with Crippen LogP contribution in [-0.4, -0.2) is 24.2 Å². The van der Waals surface area contributed by atoms with Crippen LogP contribution in [0.15, 0.2) is 48.5 Å². The molecule has 2 aromatic rings. The molecule has 2 rings (SSSR count). The van der Waals surface area contributed by atoms with Gasteiger partial charge in [-0.2, -0.15) is 0 Å². The number of ketones is 1. The maximum atomic E-state index is 11.9. The molecule has 0 saturated heterocycles. The van der Waals surface area contributed by atoms with Crippen molar-refractivity contribution in [1.29, 1.82) is 0 Å². The van der Waals surface area contributed by atoms with Gasteiger partial charge in [-0.3, -0.25) is 25.2 Å². The van der Waals surface area contributed by atoms with E-state index in [2.05, 4.69) is 10.9 Å². The van der Waals surface area contributed by atoms with Gasteiger partial charge in [0.05, 0.1) is 0 Å². The molecule has 0 fully saturated rings. The van der Waals surface area contributed by atoms with E-state index in [0.717, 1.165) is 11.1 Å². The third-order valence-corrected chi connectivity index (χ3v) is 3.58. The molecule has 0 radical (unpaired) electrons. The lowest BCUT2D eigenvalue weighted by atomic mass is 10.1. The Labute approximate surface area is 152 Å². The molecule has 0 bridgehead atoms. The van der Waals surface area contributed by atoms with Crippen molar-refractivity contribution >= 4 is 17.6 Å². The van der Waals surface area contributed by atoms with Crippen LogP contribution in [0.3, 0.4) is 0 Å². The van der Waals surface area contributed by atoms with E-state index in [1.165, 1.54) is 0 Å². The zero-order valence-electron chi connectivity index (χ0n) is 14.9. The van der Waals surface area contributed by atoms with Gasteiger partial charge in [-0.25, -0.2) is 0 Å². The Morgan fingerprint density at radius 2 is 1.46 bits per heavy atom. The van der Waals surface area contributed by atoms with Crippen LogP contribution < -0.4 is 15.6 Å². The average Bonchev–Trinajstić information content (AvgIpc) is 2.62. The Balaban J connectivity index is 1.68. The Kier molecular flexibility index (Phi) is 6.91. The van der Waals surface area contributed by atoms with Gasteiger partial charge in [0.25, 0.3) is 5.91 Å². The SMILES string of the molecule is Cc1cc(C)cc(OCC(=O)NNC(=O)CCC(=O)c2ccccc2)c1. The van der Waals surface area contributed by atoms with E-state index in [0.29, 0.717) is 11.3 Å². The first-order valence-electron chi connectivity index (χ1n) is 8.31. The molecule has 0 heterocycles. The molecule has 2 amide bonds. The van der Waals surface area contributed by atoms with Crippen molar-refractivity contribution in [3.05, 3.63) is 65.2 Å². The van der Waals surface area contributed by atoms with E-state index in [-0.39, 0.29) is 25.2 Å². The summed E-state index contributed by atoms with van der Waals surface area (Å²) in [5, 5.41) is 0. The first-order chi connectivity index (χ1) is 12.4. The first kappa shape index (κ1) is 19.2. The van der Waals surface area contributed by atoms with Crippen LogP contribution in [0.1, 0.15) is 34.3 Å². The fourth-order valence-corrected chi connectivity index (χ4v) is 2.40. The van der Waals surface area contributed by atoms with Gasteiger partial charge in [0, 0.05) is 18.4 Å². The lowest BCUT2D eigenvalue weighted by molar-refractivity contribution is -0.130. The third-order valence-electron chi connectivity index (χ3n) is 3.58. The number of benzene rings is 2. The number of Topliss-reactive ketones (excluding diaryl/α,β-unsaturated/α-hetero) is 1. The lowest BCUT2D eigenvalue weighted by Crippen LogP contribution is -2.43. The molecule has 0 spiro atoms. The molecule has 26 heavy (non-hydrogen) atoms. The summed E-state index contributed by atoms with van der Waals surface area (Å²) in [6.45, 7) is 3.67. The first-order valence-corrected chi connectivity index (χ1v) is 8.31. The van der Waals surface area contributed by atoms with Crippen molar-refractivity contribution in [3.8, 4) is 5.75 Å². The molecule has 0 aliphatic heterocycles. The van der Waals surface area contributed by atoms with E-state index < -0.39 is 11.8 Å². The van der Waals surface area contributed by atoms with Gasteiger partial charge >= 0.3 is 0 Å². The minimum Gasteiger partial charge on any atom is -0.484 e. The van der Waals surface area contributed by atoms with Crippen LogP contribution in [-0.2, 0) is 9.59 Å². The Hall–Kier alpha value is -3.15. The average molecular weight is 354 g/mol. The van der Waals surface area contributed by atoms with Crippen LogP contribution in [0.4, 0.5) is 0 Å². The number of nitrogens with one attached hydrogen (secondary N) is 2. The fraction of sp³-hybridized carbons (Fsp3) is 0.250. The number of hydrogen-bond donors (Lipinski definition) is 2. The molecular weight excluding hydrogens is 332 g/mol. The van der Waals surface area contributed by atoms with Crippen LogP contribution in [0, 0.1) is 13.8 Å². The summed E-state index contributed by atoms with van der Waals surface area (Å²) in [6, 6.07) is 14.4. The normalized spacial score (nSPS) is 10.1. The second-order valence-corrected chi connectivity index (χ2v) is 6.00. The molecule has 0 aliphatic carbocycles. The number of amides is 2. The molecular formula is C20H22N2O4. The van der Waals surface area contributed by atoms with Crippen LogP contribution in [0.5, 0.6) is 5.75 Å². The fourth-order valence-electron chi connectivity index (χ4n) is 2.40. The van der Waals surface area contributed by atoms with Gasteiger partial charge in [0.1, 0.15) is 5.75 Å². The van der Waals surface area contributed by atoms with Gasteiger partial charge in [-0.15, -0.1) is 0 Å². The summed E-state index contributed by atoms with van der Waals surface area (Å²) < 4.78 is 5.40. The lowest BCUT2D eigenvalue weighted by Gasteiger charge is -2.10. The molecule has 0 atom stereocenters. The third kappa shape index (κ3) is 6.39. The predicted octanol–water partition coefficient (Wildman–Crippen LogP) is 2.49. The number of carbonyl (C=O) groups is 3. The second-order valence-electron chi connectivity index (χ2n) is 6.00. The van der Waals surface area contributed by atoms with E-state index in [9.17, 15) is 14.4 Å². The maximum Gasteiger partial charge on any atom is 0.276 e. The monoisotopic (exact) mass is 354 g/mol. The molecule has 136 valence electrons. The number of rotatable bonds is 7. The van der Waals surface area contributed by atoms with E-state index in [1.807, 2.05) is 38.1 Å². The zero-order chi connectivity index (χ0) is 18.9. The minimum atomic E-state index is -0.480. The molecule has 0 aromatic heterocycles. The van der Waals surface area contributed by atoms with Crippen molar-refractivity contribution < 1.29 is 19.1 Å². The standard InChI is InChI=1S/C20H22N2O4/c1-14-10-15(2)12-17(11-14)26-13-20(25)22-21-19(24)9-8-18(23)16-6-4-3-5-7-16/h3-7,10-12H,8-9,13H2,1-2H3,(H,21,24)(H,22,25). The smallest absolute Gasteiger partial charge is 0.276 e.